The second-order valence-corrected chi connectivity index (χ2v) is 6.02. The molecule has 2 aliphatic heterocycles. The molecule has 0 unspecified atom stereocenters. The Balaban J connectivity index is 1.55. The lowest BCUT2D eigenvalue weighted by atomic mass is 9.77. The summed E-state index contributed by atoms with van der Waals surface area (Å²) in [5, 5.41) is 8.63. The first kappa shape index (κ1) is 14.3. The van der Waals surface area contributed by atoms with Crippen molar-refractivity contribution in [3.05, 3.63) is 30.9 Å². The zero-order valence-electron chi connectivity index (χ0n) is 12.1. The molecule has 3 heterocycles. The third-order valence-electron chi connectivity index (χ3n) is 4.67. The number of imidazole rings is 1. The summed E-state index contributed by atoms with van der Waals surface area (Å²) in [5.74, 6) is 0.357. The highest BCUT2D eigenvalue weighted by atomic mass is 16.5. The standard InChI is InChI=1S/C16H22N2O3/c19-16(20)5-3-1-2-4-12-13(10-18-9-8-17-11-18)15-7-6-14(12)21-15/h1-2,8-9,11-15H,3-7,10H2,(H,19,20)/b2-1-/t12-,13+,14+,15-/m0/s1. The Morgan fingerprint density at radius 2 is 2.14 bits per heavy atom. The van der Waals surface area contributed by atoms with E-state index in [1.54, 1.807) is 0 Å². The first-order valence-electron chi connectivity index (χ1n) is 7.72. The summed E-state index contributed by atoms with van der Waals surface area (Å²) in [4.78, 5) is 14.6. The highest BCUT2D eigenvalue weighted by Crippen LogP contribution is 2.45. The molecule has 4 atom stereocenters. The molecule has 0 spiro atoms. The molecular formula is C16H22N2O3. The summed E-state index contributed by atoms with van der Waals surface area (Å²) in [6.07, 6.45) is 14.7. The quantitative estimate of drug-likeness (QED) is 0.784. The van der Waals surface area contributed by atoms with Crippen molar-refractivity contribution in [1.29, 1.82) is 0 Å². The maximum absolute atomic E-state index is 10.5. The number of allylic oxidation sites excluding steroid dienone is 2. The van der Waals surface area contributed by atoms with E-state index in [0.717, 1.165) is 13.0 Å². The van der Waals surface area contributed by atoms with E-state index >= 15 is 0 Å². The molecule has 1 N–H and O–H groups in total. The largest absolute Gasteiger partial charge is 0.481 e. The van der Waals surface area contributed by atoms with Crippen molar-refractivity contribution in [2.24, 2.45) is 11.8 Å². The number of carboxylic acids is 1. The molecular weight excluding hydrogens is 268 g/mol. The van der Waals surface area contributed by atoms with Gasteiger partial charge >= 0.3 is 5.97 Å². The van der Waals surface area contributed by atoms with Gasteiger partial charge in [-0.3, -0.25) is 4.79 Å². The topological polar surface area (TPSA) is 64.3 Å². The van der Waals surface area contributed by atoms with Gasteiger partial charge in [0.2, 0.25) is 0 Å². The highest BCUT2D eigenvalue weighted by Gasteiger charge is 2.47. The van der Waals surface area contributed by atoms with Crippen molar-refractivity contribution in [2.45, 2.75) is 50.9 Å². The first-order chi connectivity index (χ1) is 10.2. The molecule has 3 rings (SSSR count). The highest BCUT2D eigenvalue weighted by molar-refractivity contribution is 5.66. The molecule has 2 saturated heterocycles. The van der Waals surface area contributed by atoms with E-state index in [0.29, 0.717) is 30.5 Å². The van der Waals surface area contributed by atoms with E-state index < -0.39 is 5.97 Å². The number of aliphatic carboxylic acids is 1. The number of aromatic nitrogens is 2. The van der Waals surface area contributed by atoms with Gasteiger partial charge in [0.05, 0.1) is 18.5 Å². The predicted octanol–water partition coefficient (Wildman–Crippen LogP) is 2.49. The van der Waals surface area contributed by atoms with E-state index in [1.165, 1.54) is 12.8 Å². The van der Waals surface area contributed by atoms with Crippen LogP contribution in [0, 0.1) is 11.8 Å². The van der Waals surface area contributed by atoms with E-state index in [9.17, 15) is 4.79 Å². The summed E-state index contributed by atoms with van der Waals surface area (Å²) in [5.41, 5.74) is 0. The summed E-state index contributed by atoms with van der Waals surface area (Å²) in [6.45, 7) is 0.967. The van der Waals surface area contributed by atoms with Crippen LogP contribution < -0.4 is 0 Å². The van der Waals surface area contributed by atoms with Crippen LogP contribution in [0.1, 0.15) is 32.1 Å². The minimum absolute atomic E-state index is 0.211. The number of rotatable bonds is 7. The monoisotopic (exact) mass is 290 g/mol. The molecule has 114 valence electrons. The third-order valence-corrected chi connectivity index (χ3v) is 4.67. The lowest BCUT2D eigenvalue weighted by Gasteiger charge is -2.27. The Bertz CT molecular complexity index is 498. The zero-order chi connectivity index (χ0) is 14.7. The zero-order valence-corrected chi connectivity index (χ0v) is 12.1. The predicted molar refractivity (Wildman–Crippen MR) is 77.7 cm³/mol. The van der Waals surface area contributed by atoms with Gasteiger partial charge in [0.15, 0.2) is 0 Å². The average Bonchev–Trinajstić information content (AvgIpc) is 3.16. The third kappa shape index (κ3) is 3.35. The van der Waals surface area contributed by atoms with Gasteiger partial charge in [0, 0.05) is 31.3 Å². The van der Waals surface area contributed by atoms with Crippen LogP contribution in [0.2, 0.25) is 0 Å². The molecule has 0 aliphatic carbocycles. The summed E-state index contributed by atoms with van der Waals surface area (Å²) < 4.78 is 8.21. The molecule has 1 aromatic heterocycles. The second kappa shape index (κ2) is 6.43. The van der Waals surface area contributed by atoms with Crippen molar-refractivity contribution in [2.75, 3.05) is 0 Å². The summed E-state index contributed by atoms with van der Waals surface area (Å²) >= 11 is 0. The van der Waals surface area contributed by atoms with E-state index in [1.807, 2.05) is 24.8 Å². The molecule has 0 amide bonds. The van der Waals surface area contributed by atoms with Crippen molar-refractivity contribution < 1.29 is 14.6 Å². The molecule has 5 heteroatoms. The van der Waals surface area contributed by atoms with Gasteiger partial charge in [-0.15, -0.1) is 0 Å². The van der Waals surface area contributed by atoms with Crippen LogP contribution >= 0.6 is 0 Å². The fourth-order valence-electron chi connectivity index (χ4n) is 3.67. The Labute approximate surface area is 124 Å². The molecule has 0 saturated carbocycles. The van der Waals surface area contributed by atoms with Gasteiger partial charge in [0.1, 0.15) is 0 Å². The van der Waals surface area contributed by atoms with Crippen LogP contribution in [-0.4, -0.2) is 32.8 Å². The summed E-state index contributed by atoms with van der Waals surface area (Å²) in [7, 11) is 0. The maximum atomic E-state index is 10.5. The molecule has 2 bridgehead atoms. The number of carboxylic acid groups (broad SMARTS) is 1. The first-order valence-corrected chi connectivity index (χ1v) is 7.72. The molecule has 2 fully saturated rings. The van der Waals surface area contributed by atoms with Gasteiger partial charge in [0.25, 0.3) is 0 Å². The molecule has 5 nitrogen and oxygen atoms in total. The van der Waals surface area contributed by atoms with Crippen LogP contribution in [0.3, 0.4) is 0 Å². The normalized spacial score (nSPS) is 31.2. The lowest BCUT2D eigenvalue weighted by molar-refractivity contribution is -0.136. The van der Waals surface area contributed by atoms with Gasteiger partial charge in [-0.2, -0.15) is 0 Å². The van der Waals surface area contributed by atoms with Crippen molar-refractivity contribution in [3.8, 4) is 0 Å². The maximum Gasteiger partial charge on any atom is 0.303 e. The second-order valence-electron chi connectivity index (χ2n) is 6.02. The average molecular weight is 290 g/mol. The minimum atomic E-state index is -0.735. The Morgan fingerprint density at radius 3 is 2.86 bits per heavy atom. The SMILES string of the molecule is O=C(O)CC/C=C\C[C@H]1[C@@H](Cn2ccnc2)[C@@H]2CC[C@H]1O2. The van der Waals surface area contributed by atoms with E-state index in [-0.39, 0.29) is 6.42 Å². The van der Waals surface area contributed by atoms with Crippen molar-refractivity contribution in [3.63, 3.8) is 0 Å². The number of nitrogens with zero attached hydrogens (tertiary/aromatic N) is 2. The number of ether oxygens (including phenoxy) is 1. The smallest absolute Gasteiger partial charge is 0.303 e. The van der Waals surface area contributed by atoms with Crippen LogP contribution in [0.15, 0.2) is 30.9 Å². The van der Waals surface area contributed by atoms with Crippen LogP contribution in [0.4, 0.5) is 0 Å². The Morgan fingerprint density at radius 1 is 1.33 bits per heavy atom. The Hall–Kier alpha value is -1.62. The van der Waals surface area contributed by atoms with E-state index in [2.05, 4.69) is 15.6 Å². The van der Waals surface area contributed by atoms with Gasteiger partial charge in [-0.1, -0.05) is 12.2 Å². The number of hydrogen-bond acceptors (Lipinski definition) is 3. The van der Waals surface area contributed by atoms with Gasteiger partial charge in [-0.25, -0.2) is 4.98 Å². The van der Waals surface area contributed by atoms with Crippen LogP contribution in [-0.2, 0) is 16.1 Å². The molecule has 0 aromatic carbocycles. The van der Waals surface area contributed by atoms with Crippen molar-refractivity contribution in [1.82, 2.24) is 9.55 Å². The molecule has 1 aromatic rings. The Kier molecular flexibility index (Phi) is 4.39. The van der Waals surface area contributed by atoms with Gasteiger partial charge < -0.3 is 14.4 Å². The van der Waals surface area contributed by atoms with Gasteiger partial charge in [-0.05, 0) is 31.6 Å². The number of hydrogen-bond donors (Lipinski definition) is 1. The van der Waals surface area contributed by atoms with Crippen molar-refractivity contribution >= 4 is 5.97 Å². The molecule has 0 radical (unpaired) electrons. The molecule has 2 aliphatic rings. The minimum Gasteiger partial charge on any atom is -0.481 e. The number of carbonyl (C=O) groups is 1. The molecule has 21 heavy (non-hydrogen) atoms. The van der Waals surface area contributed by atoms with E-state index in [4.69, 9.17) is 9.84 Å². The lowest BCUT2D eigenvalue weighted by Crippen LogP contribution is -2.30. The summed E-state index contributed by atoms with van der Waals surface area (Å²) in [6, 6.07) is 0. The fourth-order valence-corrected chi connectivity index (χ4v) is 3.67. The van der Waals surface area contributed by atoms with Crippen LogP contribution in [0.25, 0.3) is 0 Å². The number of fused-ring (bicyclic) bond motifs is 2. The van der Waals surface area contributed by atoms with Crippen LogP contribution in [0.5, 0.6) is 0 Å². The fraction of sp³-hybridized carbons (Fsp3) is 0.625.